The fourth-order valence-corrected chi connectivity index (χ4v) is 2.22. The number of hydrogen-bond acceptors (Lipinski definition) is 4. The van der Waals surface area contributed by atoms with Gasteiger partial charge in [-0.05, 0) is 31.0 Å². The van der Waals surface area contributed by atoms with Crippen LogP contribution in [-0.4, -0.2) is 24.2 Å². The highest BCUT2D eigenvalue weighted by Crippen LogP contribution is 2.18. The van der Waals surface area contributed by atoms with E-state index in [-0.39, 0.29) is 17.7 Å². The van der Waals surface area contributed by atoms with Gasteiger partial charge in [-0.3, -0.25) is 4.79 Å². The summed E-state index contributed by atoms with van der Waals surface area (Å²) in [5.41, 5.74) is 0.837. The summed E-state index contributed by atoms with van der Waals surface area (Å²) in [4.78, 5) is 12.1. The first-order chi connectivity index (χ1) is 10.6. The van der Waals surface area contributed by atoms with Crippen LogP contribution in [0.1, 0.15) is 41.3 Å². The van der Waals surface area contributed by atoms with Crippen LogP contribution in [0.15, 0.2) is 46.9 Å². The number of carbonyl (C=O) groups excluding carboxylic acids is 1. The van der Waals surface area contributed by atoms with E-state index in [2.05, 4.69) is 5.32 Å². The fourth-order valence-electron chi connectivity index (χ4n) is 2.22. The lowest BCUT2D eigenvalue weighted by atomic mass is 10.0. The van der Waals surface area contributed by atoms with Crippen molar-refractivity contribution >= 4 is 5.91 Å². The van der Waals surface area contributed by atoms with Crippen molar-refractivity contribution in [1.29, 1.82) is 0 Å². The minimum atomic E-state index is -0.614. The lowest BCUT2D eigenvalue weighted by Crippen LogP contribution is -2.33. The first-order valence-corrected chi connectivity index (χ1v) is 7.21. The minimum Gasteiger partial charge on any atom is -0.453 e. The number of aliphatic hydroxyl groups excluding tert-OH is 1. The molecular weight excluding hydrogens is 282 g/mol. The van der Waals surface area contributed by atoms with E-state index in [0.717, 1.165) is 5.56 Å². The molecule has 5 nitrogen and oxygen atoms in total. The third-order valence-electron chi connectivity index (χ3n) is 3.31. The van der Waals surface area contributed by atoms with E-state index in [1.165, 1.54) is 0 Å². The van der Waals surface area contributed by atoms with Gasteiger partial charge in [0.15, 0.2) is 5.76 Å². The Morgan fingerprint density at radius 1 is 1.27 bits per heavy atom. The molecule has 0 saturated carbocycles. The average molecular weight is 303 g/mol. The highest BCUT2D eigenvalue weighted by Gasteiger charge is 2.17. The zero-order chi connectivity index (χ0) is 15.9. The maximum Gasteiger partial charge on any atom is 0.287 e. The topological polar surface area (TPSA) is 71.7 Å². The number of rotatable bonds is 7. The van der Waals surface area contributed by atoms with Crippen molar-refractivity contribution in [2.75, 3.05) is 7.11 Å². The van der Waals surface area contributed by atoms with Crippen molar-refractivity contribution in [3.63, 3.8) is 0 Å². The second-order valence-corrected chi connectivity index (χ2v) is 5.24. The molecule has 0 unspecified atom stereocenters. The molecule has 118 valence electrons. The molecule has 0 spiro atoms. The Kier molecular flexibility index (Phi) is 5.75. The van der Waals surface area contributed by atoms with Crippen LogP contribution in [0.25, 0.3) is 0 Å². The van der Waals surface area contributed by atoms with E-state index >= 15 is 0 Å². The van der Waals surface area contributed by atoms with E-state index in [1.54, 1.807) is 19.2 Å². The molecule has 0 bridgehead atoms. The van der Waals surface area contributed by atoms with Crippen molar-refractivity contribution < 1.29 is 19.1 Å². The van der Waals surface area contributed by atoms with Crippen LogP contribution in [0.4, 0.5) is 0 Å². The first kappa shape index (κ1) is 16.3. The number of ether oxygens (including phenoxy) is 1. The summed E-state index contributed by atoms with van der Waals surface area (Å²) < 4.78 is 10.3. The number of hydrogen-bond donors (Lipinski definition) is 2. The summed E-state index contributed by atoms with van der Waals surface area (Å²) in [6.45, 7) is 2.18. The van der Waals surface area contributed by atoms with Crippen molar-refractivity contribution in [2.24, 2.45) is 0 Å². The Bertz CT molecular complexity index is 594. The number of carbonyl (C=O) groups is 1. The number of furan rings is 1. The van der Waals surface area contributed by atoms with Gasteiger partial charge in [0.1, 0.15) is 12.4 Å². The van der Waals surface area contributed by atoms with Gasteiger partial charge in [-0.2, -0.15) is 0 Å². The Balaban J connectivity index is 1.88. The lowest BCUT2D eigenvalue weighted by Gasteiger charge is -2.17. The van der Waals surface area contributed by atoms with Crippen LogP contribution in [-0.2, 0) is 11.3 Å². The average Bonchev–Trinajstić information content (AvgIpc) is 2.97. The molecule has 1 aromatic heterocycles. The van der Waals surface area contributed by atoms with Gasteiger partial charge in [-0.1, -0.05) is 30.3 Å². The van der Waals surface area contributed by atoms with E-state index in [9.17, 15) is 9.90 Å². The normalized spacial score (nSPS) is 13.6. The summed E-state index contributed by atoms with van der Waals surface area (Å²) >= 11 is 0. The van der Waals surface area contributed by atoms with Gasteiger partial charge in [-0.15, -0.1) is 0 Å². The van der Waals surface area contributed by atoms with Gasteiger partial charge >= 0.3 is 0 Å². The highest BCUT2D eigenvalue weighted by atomic mass is 16.5. The molecule has 0 aliphatic heterocycles. The molecular formula is C17H21NO4. The predicted octanol–water partition coefficient (Wildman–Crippen LogP) is 2.67. The Morgan fingerprint density at radius 2 is 2.00 bits per heavy atom. The molecule has 0 saturated heterocycles. The largest absolute Gasteiger partial charge is 0.453 e. The molecule has 2 aromatic rings. The molecule has 2 rings (SSSR count). The third-order valence-corrected chi connectivity index (χ3v) is 3.31. The number of methoxy groups -OCH3 is 1. The Labute approximate surface area is 129 Å². The standard InChI is InChI=1S/C17H21NO4/c1-12(10-15(19)13-6-4-3-5-7-13)18-17(20)16-9-8-14(22-16)11-21-2/h3-9,12,15,19H,10-11H2,1-2H3,(H,18,20)/t12-,15-/m0/s1. The van der Waals surface area contributed by atoms with Crippen LogP contribution in [0.2, 0.25) is 0 Å². The summed E-state index contributed by atoms with van der Waals surface area (Å²) in [5, 5.41) is 13.0. The molecule has 1 aromatic carbocycles. The number of aliphatic hydroxyl groups is 1. The van der Waals surface area contributed by atoms with Gasteiger partial charge in [0.05, 0.1) is 6.10 Å². The predicted molar refractivity (Wildman–Crippen MR) is 82.4 cm³/mol. The zero-order valence-electron chi connectivity index (χ0n) is 12.8. The molecule has 2 atom stereocenters. The molecule has 0 aliphatic carbocycles. The third kappa shape index (κ3) is 4.44. The highest BCUT2D eigenvalue weighted by molar-refractivity contribution is 5.91. The molecule has 0 radical (unpaired) electrons. The molecule has 2 N–H and O–H groups in total. The smallest absolute Gasteiger partial charge is 0.287 e. The molecule has 0 aliphatic rings. The summed E-state index contributed by atoms with van der Waals surface area (Å²) in [6.07, 6.45) is -0.182. The molecule has 5 heteroatoms. The first-order valence-electron chi connectivity index (χ1n) is 7.21. The number of nitrogens with one attached hydrogen (secondary N) is 1. The molecule has 22 heavy (non-hydrogen) atoms. The second-order valence-electron chi connectivity index (χ2n) is 5.24. The van der Waals surface area contributed by atoms with Crippen LogP contribution in [0.5, 0.6) is 0 Å². The molecule has 1 heterocycles. The minimum absolute atomic E-state index is 0.182. The monoisotopic (exact) mass is 303 g/mol. The summed E-state index contributed by atoms with van der Waals surface area (Å²) in [5.74, 6) is 0.549. The fraction of sp³-hybridized carbons (Fsp3) is 0.353. The van der Waals surface area contributed by atoms with Gasteiger partial charge in [0.25, 0.3) is 5.91 Å². The van der Waals surface area contributed by atoms with E-state index in [1.807, 2.05) is 37.3 Å². The zero-order valence-corrected chi connectivity index (χ0v) is 12.8. The maximum absolute atomic E-state index is 12.1. The van der Waals surface area contributed by atoms with E-state index in [0.29, 0.717) is 18.8 Å². The molecule has 1 amide bonds. The van der Waals surface area contributed by atoms with Crippen molar-refractivity contribution in [1.82, 2.24) is 5.32 Å². The summed E-state index contributed by atoms with van der Waals surface area (Å²) in [7, 11) is 1.56. The Morgan fingerprint density at radius 3 is 2.68 bits per heavy atom. The maximum atomic E-state index is 12.1. The summed E-state index contributed by atoms with van der Waals surface area (Å²) in [6, 6.07) is 12.5. The van der Waals surface area contributed by atoms with Crippen LogP contribution in [0.3, 0.4) is 0 Å². The SMILES string of the molecule is COCc1ccc(C(=O)N[C@@H](C)C[C@H](O)c2ccccc2)o1. The Hall–Kier alpha value is -2.11. The lowest BCUT2D eigenvalue weighted by molar-refractivity contribution is 0.0881. The van der Waals surface area contributed by atoms with Crippen LogP contribution < -0.4 is 5.32 Å². The van der Waals surface area contributed by atoms with Crippen LogP contribution >= 0.6 is 0 Å². The van der Waals surface area contributed by atoms with Crippen LogP contribution in [0, 0.1) is 0 Å². The van der Waals surface area contributed by atoms with Gasteiger partial charge in [0.2, 0.25) is 0 Å². The van der Waals surface area contributed by atoms with E-state index in [4.69, 9.17) is 9.15 Å². The van der Waals surface area contributed by atoms with Gasteiger partial charge in [-0.25, -0.2) is 0 Å². The van der Waals surface area contributed by atoms with Crippen molar-refractivity contribution in [3.8, 4) is 0 Å². The van der Waals surface area contributed by atoms with Gasteiger partial charge in [0, 0.05) is 13.2 Å². The van der Waals surface area contributed by atoms with Crippen molar-refractivity contribution in [2.45, 2.75) is 32.1 Å². The quantitative estimate of drug-likeness (QED) is 0.825. The number of benzene rings is 1. The van der Waals surface area contributed by atoms with Crippen molar-refractivity contribution in [3.05, 3.63) is 59.5 Å². The van der Waals surface area contributed by atoms with Gasteiger partial charge < -0.3 is 19.6 Å². The molecule has 0 fully saturated rings. The second kappa shape index (κ2) is 7.77. The number of amides is 1. The van der Waals surface area contributed by atoms with E-state index < -0.39 is 6.10 Å².